The highest BCUT2D eigenvalue weighted by molar-refractivity contribution is 7.80. The minimum Gasteiger partial charge on any atom is -0.494 e. The number of carbonyl (C=O) groups is 1. The fourth-order valence-electron chi connectivity index (χ4n) is 2.28. The molecule has 1 heterocycles. The van der Waals surface area contributed by atoms with Crippen molar-refractivity contribution < 1.29 is 9.53 Å². The van der Waals surface area contributed by atoms with Crippen molar-refractivity contribution in [2.45, 2.75) is 25.7 Å². The van der Waals surface area contributed by atoms with E-state index in [2.05, 4.69) is 17.9 Å². The van der Waals surface area contributed by atoms with E-state index >= 15 is 0 Å². The Morgan fingerprint density at radius 3 is 2.32 bits per heavy atom. The maximum atomic E-state index is 11.2. The molecule has 0 fully saturated rings. The van der Waals surface area contributed by atoms with Crippen molar-refractivity contribution in [1.29, 1.82) is 0 Å². The Balaban J connectivity index is 0.000000236. The zero-order valence-electron chi connectivity index (χ0n) is 13.8. The molecule has 0 saturated carbocycles. The summed E-state index contributed by atoms with van der Waals surface area (Å²) in [7, 11) is 0. The van der Waals surface area contributed by atoms with Crippen LogP contribution < -0.4 is 10.1 Å². The van der Waals surface area contributed by atoms with Gasteiger partial charge in [-0.2, -0.15) is 12.6 Å². The zero-order valence-corrected chi connectivity index (χ0v) is 16.2. The average molecular weight is 398 g/mol. The summed E-state index contributed by atoms with van der Waals surface area (Å²) in [5.41, 5.74) is 2.08. The second-order valence-electron chi connectivity index (χ2n) is 5.58. The molecule has 0 aromatic heterocycles. The van der Waals surface area contributed by atoms with E-state index in [1.54, 1.807) is 24.3 Å². The Morgan fingerprint density at radius 1 is 1.00 bits per heavy atom. The van der Waals surface area contributed by atoms with Crippen LogP contribution in [0, 0.1) is 0 Å². The normalized spacial score (nSPS) is 12.5. The predicted molar refractivity (Wildman–Crippen MR) is 108 cm³/mol. The van der Waals surface area contributed by atoms with Crippen LogP contribution >= 0.6 is 35.8 Å². The highest BCUT2D eigenvalue weighted by Gasteiger charge is 2.14. The van der Waals surface area contributed by atoms with Crippen LogP contribution in [0.3, 0.4) is 0 Å². The van der Waals surface area contributed by atoms with E-state index in [-0.39, 0.29) is 5.91 Å². The monoisotopic (exact) mass is 397 g/mol. The van der Waals surface area contributed by atoms with Crippen LogP contribution in [0.4, 0.5) is 5.69 Å². The van der Waals surface area contributed by atoms with Crippen molar-refractivity contribution in [3.05, 3.63) is 58.1 Å². The lowest BCUT2D eigenvalue weighted by molar-refractivity contribution is -0.116. The number of nitrogens with one attached hydrogen (secondary N) is 1. The Morgan fingerprint density at radius 2 is 1.68 bits per heavy atom. The Bertz CT molecular complexity index is 671. The number of amides is 1. The third kappa shape index (κ3) is 7.18. The van der Waals surface area contributed by atoms with Crippen molar-refractivity contribution in [3.8, 4) is 5.75 Å². The minimum atomic E-state index is 0.0972. The molecule has 2 aromatic rings. The van der Waals surface area contributed by atoms with Gasteiger partial charge in [0.15, 0.2) is 0 Å². The number of hydrogen-bond donors (Lipinski definition) is 2. The molecule has 0 atom stereocenters. The molecule has 0 bridgehead atoms. The minimum absolute atomic E-state index is 0.0972. The number of rotatable bonds is 5. The van der Waals surface area contributed by atoms with Crippen molar-refractivity contribution in [3.63, 3.8) is 0 Å². The molecule has 0 spiro atoms. The summed E-state index contributed by atoms with van der Waals surface area (Å²) in [6, 6.07) is 12.9. The number of thiol groups is 1. The van der Waals surface area contributed by atoms with Crippen molar-refractivity contribution in [1.82, 2.24) is 0 Å². The third-order valence-corrected chi connectivity index (χ3v) is 4.42. The lowest BCUT2D eigenvalue weighted by Crippen LogP contribution is -2.18. The van der Waals surface area contributed by atoms with E-state index in [1.807, 2.05) is 18.2 Å². The molecule has 1 amide bonds. The molecule has 134 valence electrons. The zero-order chi connectivity index (χ0) is 18.1. The third-order valence-electron chi connectivity index (χ3n) is 3.60. The average Bonchev–Trinajstić information content (AvgIpc) is 2.62. The summed E-state index contributed by atoms with van der Waals surface area (Å²) in [6.45, 7) is 0.728. The smallest absolute Gasteiger partial charge is 0.224 e. The molecule has 6 heteroatoms. The maximum Gasteiger partial charge on any atom is 0.224 e. The maximum absolute atomic E-state index is 11.2. The molecule has 3 nitrogen and oxygen atoms in total. The first-order valence-corrected chi connectivity index (χ1v) is 9.55. The summed E-state index contributed by atoms with van der Waals surface area (Å²) in [5, 5.41) is 4.29. The van der Waals surface area contributed by atoms with Gasteiger partial charge in [-0.3, -0.25) is 4.79 Å². The topological polar surface area (TPSA) is 38.3 Å². The van der Waals surface area contributed by atoms with E-state index < -0.39 is 0 Å². The van der Waals surface area contributed by atoms with E-state index in [0.29, 0.717) is 6.42 Å². The number of carbonyl (C=O) groups excluding carboxylic acids is 1. The van der Waals surface area contributed by atoms with Gasteiger partial charge in [0, 0.05) is 22.2 Å². The largest absolute Gasteiger partial charge is 0.494 e. The van der Waals surface area contributed by atoms with Gasteiger partial charge in [0.1, 0.15) is 5.75 Å². The van der Waals surface area contributed by atoms with E-state index in [1.165, 1.54) is 0 Å². The van der Waals surface area contributed by atoms with Gasteiger partial charge in [-0.1, -0.05) is 23.2 Å². The number of hydrogen-bond acceptors (Lipinski definition) is 3. The first-order valence-electron chi connectivity index (χ1n) is 8.16. The van der Waals surface area contributed by atoms with Gasteiger partial charge in [-0.15, -0.1) is 0 Å². The second-order valence-corrected chi connectivity index (χ2v) is 6.90. The van der Waals surface area contributed by atoms with Gasteiger partial charge in [0.25, 0.3) is 0 Å². The number of anilines is 1. The highest BCUT2D eigenvalue weighted by atomic mass is 35.5. The first-order chi connectivity index (χ1) is 12.1. The van der Waals surface area contributed by atoms with Crippen LogP contribution in [0.15, 0.2) is 42.5 Å². The summed E-state index contributed by atoms with van der Waals surface area (Å²) in [5.74, 6) is 1.89. The summed E-state index contributed by atoms with van der Waals surface area (Å²) < 4.78 is 5.65. The quantitative estimate of drug-likeness (QED) is 0.504. The van der Waals surface area contributed by atoms with Gasteiger partial charge >= 0.3 is 0 Å². The molecule has 0 aliphatic carbocycles. The molecular formula is C19H21Cl2NO2S. The lowest BCUT2D eigenvalue weighted by Gasteiger charge is -2.17. The first kappa shape index (κ1) is 20.0. The molecular weight excluding hydrogens is 377 g/mol. The number of benzene rings is 2. The van der Waals surface area contributed by atoms with Crippen LogP contribution in [0.1, 0.15) is 24.8 Å². The number of ether oxygens (including phenoxy) is 1. The van der Waals surface area contributed by atoms with Crippen LogP contribution in [0.25, 0.3) is 0 Å². The van der Waals surface area contributed by atoms with Crippen LogP contribution in [0.5, 0.6) is 5.75 Å². The fraction of sp³-hybridized carbons (Fsp3) is 0.316. The van der Waals surface area contributed by atoms with Crippen molar-refractivity contribution >= 4 is 47.4 Å². The summed E-state index contributed by atoms with van der Waals surface area (Å²) in [4.78, 5) is 11.2. The molecule has 3 rings (SSSR count). The molecule has 2 aromatic carbocycles. The molecule has 1 N–H and O–H groups in total. The van der Waals surface area contributed by atoms with Crippen LogP contribution in [0.2, 0.25) is 10.0 Å². The predicted octanol–water partition coefficient (Wildman–Crippen LogP) is 5.65. The molecule has 25 heavy (non-hydrogen) atoms. The molecule has 0 saturated heterocycles. The van der Waals surface area contributed by atoms with Crippen molar-refractivity contribution in [2.24, 2.45) is 0 Å². The van der Waals surface area contributed by atoms with Gasteiger partial charge in [-0.25, -0.2) is 0 Å². The Labute approximate surface area is 164 Å². The molecule has 0 unspecified atom stereocenters. The highest BCUT2D eigenvalue weighted by Crippen LogP contribution is 2.26. The lowest BCUT2D eigenvalue weighted by atomic mass is 10.0. The van der Waals surface area contributed by atoms with E-state index in [0.717, 1.165) is 58.7 Å². The SMILES string of the molecule is Clc1ccc(Cl)cc1.O=C1CCc2cc(OCCCCS)ccc2N1. The van der Waals surface area contributed by atoms with Crippen LogP contribution in [-0.2, 0) is 11.2 Å². The van der Waals surface area contributed by atoms with E-state index in [4.69, 9.17) is 27.9 Å². The molecule has 0 radical (unpaired) electrons. The number of unbranched alkanes of at least 4 members (excludes halogenated alkanes) is 1. The second kappa shape index (κ2) is 10.6. The van der Waals surface area contributed by atoms with Gasteiger partial charge < -0.3 is 10.1 Å². The standard InChI is InChI=1S/C13H17NO2S.C6H4Cl2/c15-13-6-3-10-9-11(4-5-12(10)14-13)16-7-1-2-8-17;7-5-1-2-6(8)4-3-5/h4-5,9,17H,1-3,6-8H2,(H,14,15);1-4H. The number of aryl methyl sites for hydroxylation is 1. The summed E-state index contributed by atoms with van der Waals surface area (Å²) in [6.07, 6.45) is 3.46. The van der Waals surface area contributed by atoms with Gasteiger partial charge in [-0.05, 0) is 73.0 Å². The number of halogens is 2. The van der Waals surface area contributed by atoms with E-state index in [9.17, 15) is 4.79 Å². The van der Waals surface area contributed by atoms with Crippen LogP contribution in [-0.4, -0.2) is 18.3 Å². The number of fused-ring (bicyclic) bond motifs is 1. The Kier molecular flexibility index (Phi) is 8.45. The Hall–Kier alpha value is -1.36. The van der Waals surface area contributed by atoms with Gasteiger partial charge in [0.2, 0.25) is 5.91 Å². The molecule has 1 aliphatic heterocycles. The molecule has 1 aliphatic rings. The van der Waals surface area contributed by atoms with Crippen molar-refractivity contribution in [2.75, 3.05) is 17.7 Å². The summed E-state index contributed by atoms with van der Waals surface area (Å²) >= 11 is 15.3. The van der Waals surface area contributed by atoms with Gasteiger partial charge in [0.05, 0.1) is 6.61 Å². The fourth-order valence-corrected chi connectivity index (χ4v) is 2.76.